The molecule has 0 spiro atoms. The first kappa shape index (κ1) is 33.3. The van der Waals surface area contributed by atoms with Crippen LogP contribution in [0.1, 0.15) is 120 Å². The first-order valence-electron chi connectivity index (χ1n) is 13.9. The van der Waals surface area contributed by atoms with E-state index in [1.54, 1.807) is 22.3 Å². The van der Waals surface area contributed by atoms with Crippen LogP contribution < -0.4 is 24.8 Å². The van der Waals surface area contributed by atoms with Gasteiger partial charge in [0.05, 0.1) is 0 Å². The summed E-state index contributed by atoms with van der Waals surface area (Å²) >= 11 is -0.970. The maximum absolute atomic E-state index is 2.69. The second kappa shape index (κ2) is 18.6. The van der Waals surface area contributed by atoms with Gasteiger partial charge in [-0.25, -0.2) is 0 Å². The molecule has 2 aliphatic rings. The Bertz CT molecular complexity index is 830. The van der Waals surface area contributed by atoms with Gasteiger partial charge in [-0.1, -0.05) is 0 Å². The number of rotatable bonds is 16. The van der Waals surface area contributed by atoms with E-state index >= 15 is 0 Å². The van der Waals surface area contributed by atoms with Crippen LogP contribution in [0.5, 0.6) is 0 Å². The molecule has 1 aromatic carbocycles. The van der Waals surface area contributed by atoms with Crippen molar-refractivity contribution in [3.63, 3.8) is 0 Å². The topological polar surface area (TPSA) is 0 Å². The predicted molar refractivity (Wildman–Crippen MR) is 147 cm³/mol. The van der Waals surface area contributed by atoms with E-state index in [4.69, 9.17) is 0 Å². The van der Waals surface area contributed by atoms with Crippen molar-refractivity contribution in [2.45, 2.75) is 108 Å². The van der Waals surface area contributed by atoms with Gasteiger partial charge in [-0.3, -0.25) is 0 Å². The Morgan fingerprint density at radius 1 is 0.829 bits per heavy atom. The van der Waals surface area contributed by atoms with E-state index < -0.39 is 22.9 Å². The number of benzene rings is 1. The van der Waals surface area contributed by atoms with Crippen molar-refractivity contribution in [1.29, 1.82) is 0 Å². The summed E-state index contributed by atoms with van der Waals surface area (Å²) in [5, 5.41) is 1.93. The molecule has 35 heavy (non-hydrogen) atoms. The quantitative estimate of drug-likeness (QED) is 0.135. The number of fused-ring (bicyclic) bond motifs is 1. The van der Waals surface area contributed by atoms with Crippen LogP contribution in [-0.2, 0) is 22.9 Å². The third kappa shape index (κ3) is 9.85. The molecule has 1 unspecified atom stereocenters. The Balaban J connectivity index is 0.00000306. The number of allylic oxidation sites excluding steroid dienone is 5. The molecular weight excluding hydrogens is 653 g/mol. The van der Waals surface area contributed by atoms with Gasteiger partial charge in [-0.15, -0.1) is 0 Å². The Kier molecular flexibility index (Phi) is 17.7. The van der Waals surface area contributed by atoms with Crippen LogP contribution in [0.3, 0.4) is 0 Å². The fourth-order valence-corrected chi connectivity index (χ4v) is 16.8. The van der Waals surface area contributed by atoms with Crippen LogP contribution in [0.25, 0.3) is 6.08 Å². The molecule has 0 bridgehead atoms. The van der Waals surface area contributed by atoms with E-state index in [1.165, 1.54) is 89.4 Å². The molecule has 0 heterocycles. The number of hydrogen-bond donors (Lipinski definition) is 0. The second-order valence-corrected chi connectivity index (χ2v) is 17.8. The summed E-state index contributed by atoms with van der Waals surface area (Å²) in [6, 6.07) is 9.47. The van der Waals surface area contributed by atoms with Crippen molar-refractivity contribution >= 4 is 14.0 Å². The van der Waals surface area contributed by atoms with E-state index in [1.807, 2.05) is 8.64 Å². The largest absolute Gasteiger partial charge is 1.00 e. The summed E-state index contributed by atoms with van der Waals surface area (Å²) in [4.78, 5) is 0. The molecule has 0 aliphatic heterocycles. The fourth-order valence-electron chi connectivity index (χ4n) is 5.32. The van der Waals surface area contributed by atoms with Crippen LogP contribution in [0, 0.1) is 0 Å². The zero-order valence-corrected chi connectivity index (χ0v) is 28.6. The Morgan fingerprint density at radius 2 is 1.46 bits per heavy atom. The molecular formula is C31H47Cl2HfP. The van der Waals surface area contributed by atoms with Gasteiger partial charge in [0, 0.05) is 0 Å². The van der Waals surface area contributed by atoms with Crippen molar-refractivity contribution < 1.29 is 47.7 Å². The SMILES string of the molecule is CCCCCCP(CCCCCC)C1=Cc2ccccc2[CH]1[Hf+2][C]1=C(CCCC)C(C)=CC1.[Cl-].[Cl-]. The number of unbranched alkanes of at least 4 members (excludes halogenated alkanes) is 7. The van der Waals surface area contributed by atoms with Crippen molar-refractivity contribution in [2.24, 2.45) is 0 Å². The minimum Gasteiger partial charge on any atom is -1.00 e. The van der Waals surface area contributed by atoms with Crippen molar-refractivity contribution in [2.75, 3.05) is 12.3 Å². The second-order valence-electron chi connectivity index (χ2n) is 10.0. The summed E-state index contributed by atoms with van der Waals surface area (Å²) < 4.78 is 2.77. The molecule has 194 valence electrons. The van der Waals surface area contributed by atoms with Gasteiger partial charge < -0.3 is 24.8 Å². The number of halogens is 2. The Morgan fingerprint density at radius 3 is 2.09 bits per heavy atom. The van der Waals surface area contributed by atoms with Crippen LogP contribution >= 0.6 is 7.92 Å². The van der Waals surface area contributed by atoms with E-state index in [-0.39, 0.29) is 32.7 Å². The Hall–Kier alpha value is 0.320. The zero-order valence-electron chi connectivity index (χ0n) is 22.6. The van der Waals surface area contributed by atoms with Gasteiger partial charge in [-0.05, 0) is 0 Å². The third-order valence-electron chi connectivity index (χ3n) is 7.39. The van der Waals surface area contributed by atoms with Gasteiger partial charge in [0.1, 0.15) is 0 Å². The molecule has 0 radical (unpaired) electrons. The first-order chi connectivity index (χ1) is 16.2. The molecule has 2 aliphatic carbocycles. The van der Waals surface area contributed by atoms with E-state index in [0.717, 1.165) is 3.67 Å². The molecule has 3 rings (SSSR count). The third-order valence-corrected chi connectivity index (χ3v) is 17.4. The fraction of sp³-hybridized carbons (Fsp3) is 0.613. The molecule has 0 saturated heterocycles. The van der Waals surface area contributed by atoms with Crippen molar-refractivity contribution in [3.05, 3.63) is 61.3 Å². The van der Waals surface area contributed by atoms with E-state index in [2.05, 4.69) is 64.1 Å². The number of hydrogen-bond acceptors (Lipinski definition) is 0. The maximum atomic E-state index is 2.69. The standard InChI is InChI=1S/C21H32P.C10H15.2ClH.Hf/c1-3-5-7-11-15-22(16-12-8-6-4-2)21-17-19-13-9-10-14-20(19)18-21;1-3-4-7-10-8-5-6-9(10)2;;;/h9-10,13-14,17-18H,3-8,11-12,15-16H2,1-2H3;6H,3-5,7H2,1-2H3;2*1H;/q;;;;+2/p-2. The van der Waals surface area contributed by atoms with Crippen molar-refractivity contribution in [1.82, 2.24) is 0 Å². The molecule has 1 aromatic rings. The molecule has 0 nitrogen and oxygen atoms in total. The van der Waals surface area contributed by atoms with Crippen molar-refractivity contribution in [3.8, 4) is 0 Å². The average molecular weight is 700 g/mol. The van der Waals surface area contributed by atoms with Crippen LogP contribution in [0.15, 0.2) is 50.1 Å². The molecule has 0 fully saturated rings. The Labute approximate surface area is 242 Å². The summed E-state index contributed by atoms with van der Waals surface area (Å²) in [5.74, 6) is 0. The molecule has 0 aromatic heterocycles. The summed E-state index contributed by atoms with van der Waals surface area (Å²) in [5.41, 5.74) is 6.68. The van der Waals surface area contributed by atoms with Crippen LogP contribution in [0.2, 0.25) is 0 Å². The van der Waals surface area contributed by atoms with Gasteiger partial charge in [0.25, 0.3) is 0 Å². The zero-order chi connectivity index (χ0) is 23.5. The predicted octanol–water partition coefficient (Wildman–Crippen LogP) is 4.61. The normalized spacial score (nSPS) is 16.4. The average Bonchev–Trinajstić information content (AvgIpc) is 3.37. The molecule has 1 atom stereocenters. The summed E-state index contributed by atoms with van der Waals surface area (Å²) in [6.45, 7) is 9.41. The molecule has 4 heteroatoms. The van der Waals surface area contributed by atoms with Crippen LogP contribution in [0.4, 0.5) is 0 Å². The maximum Gasteiger partial charge on any atom is -1.00 e. The minimum absolute atomic E-state index is 0. The van der Waals surface area contributed by atoms with E-state index in [0.29, 0.717) is 0 Å². The first-order valence-corrected chi connectivity index (χ1v) is 19.5. The molecule has 0 amide bonds. The van der Waals surface area contributed by atoms with Gasteiger partial charge in [0.15, 0.2) is 0 Å². The smallest absolute Gasteiger partial charge is 1.00 e. The minimum atomic E-state index is -0.970. The molecule has 0 saturated carbocycles. The molecule has 0 N–H and O–H groups in total. The summed E-state index contributed by atoms with van der Waals surface area (Å²) in [7, 11) is 0.0329. The van der Waals surface area contributed by atoms with Gasteiger partial charge in [-0.2, -0.15) is 0 Å². The summed E-state index contributed by atoms with van der Waals surface area (Å²) in [6.07, 6.45) is 24.8. The van der Waals surface area contributed by atoms with Gasteiger partial charge >= 0.3 is 219 Å². The van der Waals surface area contributed by atoms with E-state index in [9.17, 15) is 0 Å². The van der Waals surface area contributed by atoms with Gasteiger partial charge in [0.2, 0.25) is 0 Å². The van der Waals surface area contributed by atoms with Crippen LogP contribution in [-0.4, -0.2) is 12.3 Å². The monoisotopic (exact) mass is 700 g/mol.